The van der Waals surface area contributed by atoms with Gasteiger partial charge in [0.15, 0.2) is 0 Å². The van der Waals surface area contributed by atoms with Gasteiger partial charge in [0.05, 0.1) is 5.69 Å². The Bertz CT molecular complexity index is 1230. The van der Waals surface area contributed by atoms with E-state index in [1.54, 1.807) is 13.1 Å². The summed E-state index contributed by atoms with van der Waals surface area (Å²) in [5.74, 6) is 0.980. The molecule has 0 unspecified atom stereocenters. The van der Waals surface area contributed by atoms with Gasteiger partial charge >= 0.3 is 0 Å². The Balaban J connectivity index is 1.44. The third-order valence-electron chi connectivity index (χ3n) is 5.81. The van der Waals surface area contributed by atoms with Crippen molar-refractivity contribution in [3.63, 3.8) is 0 Å². The molecule has 0 spiro atoms. The second-order valence-corrected chi connectivity index (χ2v) is 7.74. The van der Waals surface area contributed by atoms with Crippen molar-refractivity contribution in [2.24, 2.45) is 7.05 Å². The normalized spacial score (nSPS) is 14.9. The lowest BCUT2D eigenvalue weighted by atomic mass is 10.2. The van der Waals surface area contributed by atoms with Crippen LogP contribution in [0, 0.1) is 0 Å². The van der Waals surface area contributed by atoms with E-state index >= 15 is 0 Å². The van der Waals surface area contributed by atoms with Crippen LogP contribution in [-0.2, 0) is 20.0 Å². The van der Waals surface area contributed by atoms with Crippen LogP contribution in [-0.4, -0.2) is 63.0 Å². The predicted octanol–water partition coefficient (Wildman–Crippen LogP) is -0.0345. The molecule has 0 radical (unpaired) electrons. The van der Waals surface area contributed by atoms with Crippen LogP contribution in [0.15, 0.2) is 34.1 Å². The summed E-state index contributed by atoms with van der Waals surface area (Å²) >= 11 is 0. The quantitative estimate of drug-likeness (QED) is 0.594. The van der Waals surface area contributed by atoms with Crippen LogP contribution < -0.4 is 21.3 Å². The Kier molecular flexibility index (Phi) is 5.64. The number of fused-ring (bicyclic) bond motifs is 1. The number of nitrogens with one attached hydrogen (secondary N) is 2. The molecule has 1 amide bonds. The first-order valence-electron chi connectivity index (χ1n) is 10.4. The summed E-state index contributed by atoms with van der Waals surface area (Å²) in [6.45, 7) is 5.79. The van der Waals surface area contributed by atoms with Gasteiger partial charge in [-0.25, -0.2) is 4.98 Å². The van der Waals surface area contributed by atoms with E-state index < -0.39 is 0 Å². The summed E-state index contributed by atoms with van der Waals surface area (Å²) in [5.41, 5.74) is 1.39. The standard InChI is InChI=1S/C21H27N7O3/c1-4-14-11-28-13-15(23-21(28)24-18(14)29)12-26-7-9-27(10-8-26)17-6-5-16(19(30)22-2)20(31)25(17)3/h5-6,11,13H,4,7-10,12H2,1-3H3,(H,22,30)(H,23,24,29). The zero-order valence-electron chi connectivity index (χ0n) is 18.0. The fraction of sp³-hybridized carbons (Fsp3) is 0.429. The van der Waals surface area contributed by atoms with E-state index in [4.69, 9.17) is 0 Å². The molecule has 4 heterocycles. The molecule has 3 aromatic heterocycles. The van der Waals surface area contributed by atoms with Crippen LogP contribution in [0.4, 0.5) is 5.82 Å². The van der Waals surface area contributed by atoms with Gasteiger partial charge in [-0.3, -0.25) is 33.2 Å². The van der Waals surface area contributed by atoms with Gasteiger partial charge in [0.25, 0.3) is 17.0 Å². The largest absolute Gasteiger partial charge is 0.355 e. The number of carbonyl (C=O) groups is 1. The number of aromatic nitrogens is 4. The van der Waals surface area contributed by atoms with Crippen LogP contribution in [0.2, 0.25) is 0 Å². The van der Waals surface area contributed by atoms with Crippen LogP contribution in [0.3, 0.4) is 0 Å². The minimum absolute atomic E-state index is 0.0891. The van der Waals surface area contributed by atoms with Gasteiger partial charge in [-0.05, 0) is 18.6 Å². The molecular formula is C21H27N7O3. The lowest BCUT2D eigenvalue weighted by Gasteiger charge is -2.36. The molecule has 0 aliphatic carbocycles. The van der Waals surface area contributed by atoms with E-state index in [2.05, 4.69) is 25.1 Å². The van der Waals surface area contributed by atoms with Crippen molar-refractivity contribution in [3.8, 4) is 0 Å². The first kappa shape index (κ1) is 20.9. The first-order chi connectivity index (χ1) is 14.9. The highest BCUT2D eigenvalue weighted by Crippen LogP contribution is 2.16. The number of nitrogens with zero attached hydrogens (tertiary/aromatic N) is 5. The van der Waals surface area contributed by atoms with Gasteiger partial charge in [0.1, 0.15) is 11.4 Å². The number of aromatic amines is 1. The molecule has 1 aliphatic heterocycles. The van der Waals surface area contributed by atoms with Crippen molar-refractivity contribution in [2.75, 3.05) is 38.1 Å². The smallest absolute Gasteiger partial charge is 0.264 e. The van der Waals surface area contributed by atoms with E-state index in [0.29, 0.717) is 18.7 Å². The molecule has 164 valence electrons. The predicted molar refractivity (Wildman–Crippen MR) is 118 cm³/mol. The number of hydrogen-bond donors (Lipinski definition) is 2. The Labute approximate surface area is 179 Å². The van der Waals surface area contributed by atoms with Gasteiger partial charge in [0.2, 0.25) is 5.78 Å². The second-order valence-electron chi connectivity index (χ2n) is 7.74. The molecular weight excluding hydrogens is 398 g/mol. The first-order valence-corrected chi connectivity index (χ1v) is 10.4. The number of H-pyrrole nitrogens is 1. The maximum Gasteiger partial charge on any atom is 0.264 e. The highest BCUT2D eigenvalue weighted by Gasteiger charge is 2.21. The maximum atomic E-state index is 12.5. The number of carbonyl (C=O) groups excluding carboxylic acids is 1. The number of anilines is 1. The molecule has 0 atom stereocenters. The topological polar surface area (TPSA) is 108 Å². The maximum absolute atomic E-state index is 12.5. The summed E-state index contributed by atoms with van der Waals surface area (Å²) in [5, 5.41) is 2.50. The Morgan fingerprint density at radius 3 is 2.58 bits per heavy atom. The van der Waals surface area contributed by atoms with Gasteiger partial charge in [-0.2, -0.15) is 0 Å². The van der Waals surface area contributed by atoms with E-state index in [1.165, 1.54) is 11.6 Å². The van der Waals surface area contributed by atoms with E-state index in [-0.39, 0.29) is 22.6 Å². The average molecular weight is 425 g/mol. The Hall–Kier alpha value is -3.40. The van der Waals surface area contributed by atoms with Crippen molar-refractivity contribution in [2.45, 2.75) is 19.9 Å². The molecule has 1 aliphatic rings. The molecule has 1 fully saturated rings. The van der Waals surface area contributed by atoms with E-state index in [9.17, 15) is 14.4 Å². The SMILES string of the molecule is CCc1cn2cc(CN3CCN(c4ccc(C(=O)NC)c(=O)n4C)CC3)nc2[nH]c1=O. The van der Waals surface area contributed by atoms with Crippen molar-refractivity contribution < 1.29 is 4.79 Å². The molecule has 10 heteroatoms. The van der Waals surface area contributed by atoms with Crippen molar-refractivity contribution in [1.82, 2.24) is 29.2 Å². The van der Waals surface area contributed by atoms with E-state index in [0.717, 1.165) is 43.3 Å². The number of amides is 1. The molecule has 0 aromatic carbocycles. The fourth-order valence-corrected chi connectivity index (χ4v) is 3.99. The molecule has 0 bridgehead atoms. The monoisotopic (exact) mass is 425 g/mol. The van der Waals surface area contributed by atoms with Crippen molar-refractivity contribution >= 4 is 17.5 Å². The zero-order chi connectivity index (χ0) is 22.1. The minimum atomic E-state index is -0.378. The summed E-state index contributed by atoms with van der Waals surface area (Å²) < 4.78 is 3.40. The third kappa shape index (κ3) is 3.98. The van der Waals surface area contributed by atoms with Crippen LogP contribution >= 0.6 is 0 Å². The zero-order valence-corrected chi connectivity index (χ0v) is 18.0. The molecule has 31 heavy (non-hydrogen) atoms. The van der Waals surface area contributed by atoms with Gasteiger partial charge in [-0.15, -0.1) is 0 Å². The molecule has 0 saturated carbocycles. The van der Waals surface area contributed by atoms with Crippen LogP contribution in [0.25, 0.3) is 5.78 Å². The summed E-state index contributed by atoms with van der Waals surface area (Å²) in [6, 6.07) is 3.41. The molecule has 10 nitrogen and oxygen atoms in total. The fourth-order valence-electron chi connectivity index (χ4n) is 3.99. The van der Waals surface area contributed by atoms with Crippen LogP contribution in [0.1, 0.15) is 28.5 Å². The second kappa shape index (κ2) is 8.38. The van der Waals surface area contributed by atoms with Gasteiger partial charge in [-0.1, -0.05) is 6.92 Å². The van der Waals surface area contributed by atoms with Crippen molar-refractivity contribution in [1.29, 1.82) is 0 Å². The number of piperazine rings is 1. The van der Waals surface area contributed by atoms with E-state index in [1.807, 2.05) is 29.8 Å². The van der Waals surface area contributed by atoms with Crippen molar-refractivity contribution in [3.05, 3.63) is 62.1 Å². The minimum Gasteiger partial charge on any atom is -0.355 e. The molecule has 1 saturated heterocycles. The summed E-state index contributed by atoms with van der Waals surface area (Å²) in [6.07, 6.45) is 4.47. The molecule has 4 rings (SSSR count). The average Bonchev–Trinajstić information content (AvgIpc) is 3.16. The number of pyridine rings is 1. The lowest BCUT2D eigenvalue weighted by Crippen LogP contribution is -2.47. The number of imidazole rings is 1. The van der Waals surface area contributed by atoms with Gasteiger partial charge < -0.3 is 10.2 Å². The summed E-state index contributed by atoms with van der Waals surface area (Å²) in [7, 11) is 3.21. The summed E-state index contributed by atoms with van der Waals surface area (Å²) in [4.78, 5) is 48.2. The number of aryl methyl sites for hydroxylation is 1. The third-order valence-corrected chi connectivity index (χ3v) is 5.81. The Morgan fingerprint density at radius 1 is 1.16 bits per heavy atom. The lowest BCUT2D eigenvalue weighted by molar-refractivity contribution is 0.0961. The Morgan fingerprint density at radius 2 is 1.90 bits per heavy atom. The highest BCUT2D eigenvalue weighted by molar-refractivity contribution is 5.93. The number of hydrogen-bond acceptors (Lipinski definition) is 6. The van der Waals surface area contributed by atoms with Crippen LogP contribution in [0.5, 0.6) is 0 Å². The number of rotatable bonds is 5. The molecule has 2 N–H and O–H groups in total. The highest BCUT2D eigenvalue weighted by atomic mass is 16.2. The molecule has 3 aromatic rings. The van der Waals surface area contributed by atoms with Gasteiger partial charge in [0, 0.05) is 64.8 Å².